The molecule has 3 aromatic rings. The first-order chi connectivity index (χ1) is 15.0. The minimum Gasteiger partial charge on any atom is -0.436 e. The lowest BCUT2D eigenvalue weighted by atomic mass is 9.97. The van der Waals surface area contributed by atoms with Crippen molar-refractivity contribution in [2.75, 3.05) is 23.3 Å². The predicted molar refractivity (Wildman–Crippen MR) is 118 cm³/mol. The van der Waals surface area contributed by atoms with Crippen LogP contribution < -0.4 is 15.0 Å². The molecule has 0 radical (unpaired) electrons. The highest BCUT2D eigenvalue weighted by atomic mass is 19.1. The van der Waals surface area contributed by atoms with E-state index in [0.29, 0.717) is 29.5 Å². The number of carbonyl (C=O) groups excluding carboxylic acids is 1. The average Bonchev–Trinajstić information content (AvgIpc) is 2.78. The van der Waals surface area contributed by atoms with Crippen LogP contribution in [0.1, 0.15) is 24.0 Å². The van der Waals surface area contributed by atoms with E-state index in [1.165, 1.54) is 6.07 Å². The highest BCUT2D eigenvalue weighted by molar-refractivity contribution is 5.93. The molecule has 2 aromatic carbocycles. The van der Waals surface area contributed by atoms with Crippen LogP contribution in [0.2, 0.25) is 0 Å². The standard InChI is InChI=1S/C24H25FN4O2/c1-16-6-3-4-8-21(16)31-24-22(26-11-12-27-24)29-13-5-7-18(15-29)23(30)28-19-9-10-20(25)17(2)14-19/h3-4,6,8-12,14,18H,5,7,13,15H2,1-2H3,(H,28,30)/t18-/m0/s1. The fourth-order valence-electron chi connectivity index (χ4n) is 3.73. The number of anilines is 2. The molecular formula is C24H25FN4O2. The second-order valence-corrected chi connectivity index (χ2v) is 7.79. The summed E-state index contributed by atoms with van der Waals surface area (Å²) < 4.78 is 19.6. The normalized spacial score (nSPS) is 16.1. The Morgan fingerprint density at radius 3 is 2.74 bits per heavy atom. The molecule has 0 unspecified atom stereocenters. The van der Waals surface area contributed by atoms with Gasteiger partial charge < -0.3 is 15.0 Å². The molecule has 2 heterocycles. The predicted octanol–water partition coefficient (Wildman–Crippen LogP) is 4.88. The number of para-hydroxylation sites is 1. The summed E-state index contributed by atoms with van der Waals surface area (Å²) in [7, 11) is 0. The zero-order valence-corrected chi connectivity index (χ0v) is 17.6. The van der Waals surface area contributed by atoms with E-state index in [2.05, 4.69) is 15.3 Å². The highest BCUT2D eigenvalue weighted by Gasteiger charge is 2.28. The number of carbonyl (C=O) groups is 1. The second-order valence-electron chi connectivity index (χ2n) is 7.79. The van der Waals surface area contributed by atoms with E-state index in [4.69, 9.17) is 4.74 Å². The number of nitrogens with zero attached hydrogens (tertiary/aromatic N) is 3. The van der Waals surface area contributed by atoms with E-state index >= 15 is 0 Å². The number of ether oxygens (including phenoxy) is 1. The maximum Gasteiger partial charge on any atom is 0.263 e. The van der Waals surface area contributed by atoms with Gasteiger partial charge in [0.25, 0.3) is 5.88 Å². The van der Waals surface area contributed by atoms with E-state index in [-0.39, 0.29) is 17.6 Å². The van der Waals surface area contributed by atoms with Crippen molar-refractivity contribution >= 4 is 17.4 Å². The number of halogens is 1. The van der Waals surface area contributed by atoms with Crippen LogP contribution in [0.3, 0.4) is 0 Å². The smallest absolute Gasteiger partial charge is 0.263 e. The van der Waals surface area contributed by atoms with Gasteiger partial charge in [-0.2, -0.15) is 0 Å². The average molecular weight is 420 g/mol. The lowest BCUT2D eigenvalue weighted by Crippen LogP contribution is -2.41. The van der Waals surface area contributed by atoms with Crippen molar-refractivity contribution in [2.45, 2.75) is 26.7 Å². The van der Waals surface area contributed by atoms with Gasteiger partial charge in [0.05, 0.1) is 5.92 Å². The van der Waals surface area contributed by atoms with Crippen molar-refractivity contribution in [1.29, 1.82) is 0 Å². The Labute approximate surface area is 181 Å². The van der Waals surface area contributed by atoms with Gasteiger partial charge in [-0.25, -0.2) is 14.4 Å². The monoisotopic (exact) mass is 420 g/mol. The van der Waals surface area contributed by atoms with Crippen molar-refractivity contribution in [3.63, 3.8) is 0 Å². The highest BCUT2D eigenvalue weighted by Crippen LogP contribution is 2.32. The van der Waals surface area contributed by atoms with E-state index < -0.39 is 0 Å². The Kier molecular flexibility index (Phi) is 6.11. The molecule has 1 aliphatic heterocycles. The van der Waals surface area contributed by atoms with Crippen LogP contribution >= 0.6 is 0 Å². The Morgan fingerprint density at radius 1 is 1.13 bits per heavy atom. The third-order valence-corrected chi connectivity index (χ3v) is 5.46. The molecule has 0 spiro atoms. The number of aromatic nitrogens is 2. The van der Waals surface area contributed by atoms with Gasteiger partial charge in [-0.15, -0.1) is 0 Å². The van der Waals surface area contributed by atoms with Gasteiger partial charge in [0.15, 0.2) is 5.82 Å². The molecule has 1 saturated heterocycles. The molecule has 0 saturated carbocycles. The SMILES string of the molecule is Cc1cc(NC(=O)[C@H]2CCCN(c3nccnc3Oc3ccccc3C)C2)ccc1F. The Morgan fingerprint density at radius 2 is 1.94 bits per heavy atom. The zero-order valence-electron chi connectivity index (χ0n) is 17.6. The van der Waals surface area contributed by atoms with Gasteiger partial charge in [-0.1, -0.05) is 18.2 Å². The van der Waals surface area contributed by atoms with Crippen LogP contribution in [0.25, 0.3) is 0 Å². The number of hydrogen-bond acceptors (Lipinski definition) is 5. The van der Waals surface area contributed by atoms with Crippen LogP contribution in [0.5, 0.6) is 11.6 Å². The van der Waals surface area contributed by atoms with Gasteiger partial charge in [0, 0.05) is 31.2 Å². The third kappa shape index (κ3) is 4.82. The Hall–Kier alpha value is -3.48. The van der Waals surface area contributed by atoms with Crippen molar-refractivity contribution in [3.05, 3.63) is 71.8 Å². The molecule has 1 fully saturated rings. The van der Waals surface area contributed by atoms with Gasteiger partial charge >= 0.3 is 0 Å². The lowest BCUT2D eigenvalue weighted by Gasteiger charge is -2.33. The van der Waals surface area contributed by atoms with Crippen LogP contribution in [0, 0.1) is 25.6 Å². The molecule has 1 N–H and O–H groups in total. The molecule has 1 atom stereocenters. The minimum atomic E-state index is -0.286. The molecule has 7 heteroatoms. The third-order valence-electron chi connectivity index (χ3n) is 5.46. The first-order valence-corrected chi connectivity index (χ1v) is 10.4. The van der Waals surface area contributed by atoms with E-state index in [1.54, 1.807) is 31.5 Å². The number of amides is 1. The first kappa shape index (κ1) is 20.8. The number of rotatable bonds is 5. The molecule has 31 heavy (non-hydrogen) atoms. The van der Waals surface area contributed by atoms with Gasteiger partial charge in [0.2, 0.25) is 5.91 Å². The quantitative estimate of drug-likeness (QED) is 0.637. The van der Waals surface area contributed by atoms with Gasteiger partial charge in [-0.3, -0.25) is 4.79 Å². The largest absolute Gasteiger partial charge is 0.436 e. The molecule has 1 amide bonds. The molecule has 4 rings (SSSR count). The lowest BCUT2D eigenvalue weighted by molar-refractivity contribution is -0.120. The first-order valence-electron chi connectivity index (χ1n) is 10.4. The summed E-state index contributed by atoms with van der Waals surface area (Å²) in [5, 5.41) is 2.91. The molecule has 6 nitrogen and oxygen atoms in total. The van der Waals surface area contributed by atoms with E-state index in [9.17, 15) is 9.18 Å². The zero-order chi connectivity index (χ0) is 21.8. The summed E-state index contributed by atoms with van der Waals surface area (Å²) >= 11 is 0. The number of benzene rings is 2. The Balaban J connectivity index is 1.49. The van der Waals surface area contributed by atoms with Gasteiger partial charge in [0.1, 0.15) is 11.6 Å². The number of hydrogen-bond donors (Lipinski definition) is 1. The molecule has 1 aromatic heterocycles. The van der Waals surface area contributed by atoms with Crippen molar-refractivity contribution in [1.82, 2.24) is 9.97 Å². The topological polar surface area (TPSA) is 67.4 Å². The number of aryl methyl sites for hydroxylation is 2. The van der Waals surface area contributed by atoms with Crippen molar-refractivity contribution in [2.24, 2.45) is 5.92 Å². The van der Waals surface area contributed by atoms with Crippen LogP contribution in [-0.2, 0) is 4.79 Å². The fraction of sp³-hybridized carbons (Fsp3) is 0.292. The molecule has 160 valence electrons. The van der Waals surface area contributed by atoms with Crippen LogP contribution in [-0.4, -0.2) is 29.0 Å². The van der Waals surface area contributed by atoms with Crippen LogP contribution in [0.4, 0.5) is 15.9 Å². The molecule has 0 aliphatic carbocycles. The number of nitrogens with one attached hydrogen (secondary N) is 1. The summed E-state index contributed by atoms with van der Waals surface area (Å²) in [6.45, 7) is 4.93. The van der Waals surface area contributed by atoms with Crippen LogP contribution in [0.15, 0.2) is 54.9 Å². The summed E-state index contributed by atoms with van der Waals surface area (Å²) in [6.07, 6.45) is 4.85. The van der Waals surface area contributed by atoms with Crippen molar-refractivity contribution in [3.8, 4) is 11.6 Å². The maximum absolute atomic E-state index is 13.5. The summed E-state index contributed by atoms with van der Waals surface area (Å²) in [4.78, 5) is 23.8. The Bertz CT molecular complexity index is 1090. The van der Waals surface area contributed by atoms with Crippen molar-refractivity contribution < 1.29 is 13.9 Å². The summed E-state index contributed by atoms with van der Waals surface area (Å²) in [5.41, 5.74) is 2.11. The van der Waals surface area contributed by atoms with Gasteiger partial charge in [-0.05, 0) is 62.1 Å². The fourth-order valence-corrected chi connectivity index (χ4v) is 3.73. The number of piperidine rings is 1. The molecule has 0 bridgehead atoms. The minimum absolute atomic E-state index is 0.0824. The molecular weight excluding hydrogens is 395 g/mol. The van der Waals surface area contributed by atoms with E-state index in [1.807, 2.05) is 36.1 Å². The maximum atomic E-state index is 13.5. The second kappa shape index (κ2) is 9.12. The summed E-state index contributed by atoms with van der Waals surface area (Å²) in [6, 6.07) is 12.3. The van der Waals surface area contributed by atoms with E-state index in [0.717, 1.165) is 30.7 Å². The summed E-state index contributed by atoms with van der Waals surface area (Å²) in [5.74, 6) is 1.19. The molecule has 1 aliphatic rings.